The zero-order valence-electron chi connectivity index (χ0n) is 38.3. The first-order valence-corrected chi connectivity index (χ1v) is 26.2. The molecule has 15 heteroatoms. The van der Waals surface area contributed by atoms with Crippen molar-refractivity contribution in [3.8, 4) is 0 Å². The molecule has 0 fully saturated rings. The summed E-state index contributed by atoms with van der Waals surface area (Å²) in [5, 5.41) is 1.77. The minimum absolute atomic E-state index is 0.0541. The van der Waals surface area contributed by atoms with Crippen LogP contribution in [0.1, 0.15) is 105 Å². The summed E-state index contributed by atoms with van der Waals surface area (Å²) in [7, 11) is -12.6. The second-order valence-corrected chi connectivity index (χ2v) is 22.9. The number of rotatable bonds is 18. The van der Waals surface area contributed by atoms with Crippen molar-refractivity contribution in [3.63, 3.8) is 0 Å². The lowest BCUT2D eigenvalue weighted by molar-refractivity contribution is -0.438. The first kappa shape index (κ1) is 48.9. The van der Waals surface area contributed by atoms with Crippen molar-refractivity contribution in [1.82, 2.24) is 4.31 Å². The molecule has 2 aliphatic rings. The van der Waals surface area contributed by atoms with Crippen molar-refractivity contribution < 1.29 is 43.7 Å². The third-order valence-electron chi connectivity index (χ3n) is 12.7. The number of allylic oxidation sites excluding steroid dienone is 6. The van der Waals surface area contributed by atoms with Crippen LogP contribution < -0.4 is 4.90 Å². The van der Waals surface area contributed by atoms with Crippen molar-refractivity contribution in [2.45, 2.75) is 119 Å². The topological polar surface area (TPSA) is 175 Å². The van der Waals surface area contributed by atoms with Gasteiger partial charge < -0.3 is 14.0 Å². The number of sulfonamides is 1. The number of fused-ring (bicyclic) bond motifs is 6. The summed E-state index contributed by atoms with van der Waals surface area (Å²) < 4.78 is 105. The molecule has 6 rings (SSSR count). The van der Waals surface area contributed by atoms with Crippen LogP contribution in [0.5, 0.6) is 0 Å². The molecule has 0 spiro atoms. The average Bonchev–Trinajstić information content (AvgIpc) is 3.58. The van der Waals surface area contributed by atoms with Crippen LogP contribution in [0.3, 0.4) is 0 Å². The van der Waals surface area contributed by atoms with Gasteiger partial charge in [0, 0.05) is 84.2 Å². The number of benzene rings is 4. The Morgan fingerprint density at radius 3 is 2.08 bits per heavy atom. The maximum atomic E-state index is 14.1. The van der Waals surface area contributed by atoms with Crippen molar-refractivity contribution >= 4 is 74.7 Å². The highest BCUT2D eigenvalue weighted by molar-refractivity contribution is 7.89. The smallest absolute Gasteiger partial charge is 0.243 e. The summed E-state index contributed by atoms with van der Waals surface area (Å²) in [6.07, 6.45) is 14.3. The van der Waals surface area contributed by atoms with E-state index >= 15 is 0 Å². The first-order chi connectivity index (χ1) is 29.9. The zero-order chi connectivity index (χ0) is 47.2. The van der Waals surface area contributed by atoms with Gasteiger partial charge in [0.2, 0.25) is 15.7 Å². The van der Waals surface area contributed by atoms with Crippen LogP contribution >= 0.6 is 0 Å². The second kappa shape index (κ2) is 18.4. The Morgan fingerprint density at radius 2 is 1.44 bits per heavy atom. The molecule has 0 N–H and O–H groups in total. The van der Waals surface area contributed by atoms with Crippen molar-refractivity contribution in [1.29, 1.82) is 0 Å². The summed E-state index contributed by atoms with van der Waals surface area (Å²) in [6.45, 7) is 17.7. The van der Waals surface area contributed by atoms with E-state index in [2.05, 4.69) is 43.2 Å². The predicted octanol–water partition coefficient (Wildman–Crippen LogP) is 9.20. The summed E-state index contributed by atoms with van der Waals surface area (Å²) in [4.78, 5) is 13.3. The highest BCUT2D eigenvalue weighted by atomic mass is 32.2. The third kappa shape index (κ3) is 9.16. The van der Waals surface area contributed by atoms with Gasteiger partial charge >= 0.3 is 0 Å². The average molecular weight is 931 g/mol. The Morgan fingerprint density at radius 1 is 0.766 bits per heavy atom. The van der Waals surface area contributed by atoms with Gasteiger partial charge in [0.15, 0.2) is 5.71 Å². The Labute approximate surface area is 379 Å². The standard InChI is InChI=1S/C49H61N3O9S3/c1-10-12-29-51-39-26-24-35-37(19-17-21-42(35)62(54,55)50(9)28-18-20-41(53)33(3)4)46(39)48(5,6)44(51)22-15-14-16-23-45-49(7,8)47-38-31-34(63(56,57)58)32-43(64(59,60)61)36(38)25-27-40(47)52(45)30-13-11-2/h14-17,19,21-27,31-33H,10-13,18,20,28-30H2,1-9H3,(H-,56,57,58,59,60,61)/p-1. The third-order valence-corrected chi connectivity index (χ3v) is 16.3. The van der Waals surface area contributed by atoms with Gasteiger partial charge in [-0.1, -0.05) is 90.8 Å². The van der Waals surface area contributed by atoms with Crippen LogP contribution in [-0.2, 0) is 45.9 Å². The maximum absolute atomic E-state index is 14.1. The lowest BCUT2D eigenvalue weighted by Gasteiger charge is -2.27. The van der Waals surface area contributed by atoms with Crippen LogP contribution in [0.15, 0.2) is 105 Å². The SMILES string of the molecule is CCCCN1C(=CC=CC=CC2=[N+](CCCC)c3ccc4c(S(=O)(=O)[O-])cc(S(=O)(=O)[O-])cc4c3C2(C)C)C(C)(C)c2c1ccc1c(S(=O)(=O)N(C)CCCC(=O)C(C)C)cccc21. The Balaban J connectivity index is 1.38. The Bertz CT molecular complexity index is 2980. The molecule has 2 aliphatic heterocycles. The molecule has 0 bridgehead atoms. The molecule has 4 aromatic rings. The van der Waals surface area contributed by atoms with Crippen molar-refractivity contribution in [2.24, 2.45) is 5.92 Å². The maximum Gasteiger partial charge on any atom is 0.243 e. The molecular weight excluding hydrogens is 871 g/mol. The number of carbonyl (C=O) groups is 1. The number of ketones is 1. The number of nitrogens with zero attached hydrogens (tertiary/aromatic N) is 3. The fourth-order valence-corrected chi connectivity index (χ4v) is 12.1. The number of hydrogen-bond donors (Lipinski definition) is 0. The molecule has 0 saturated carbocycles. The van der Waals surface area contributed by atoms with Crippen LogP contribution in [0.4, 0.5) is 11.4 Å². The summed E-state index contributed by atoms with van der Waals surface area (Å²) in [5.74, 6) is 0.0154. The van der Waals surface area contributed by atoms with Gasteiger partial charge in [-0.25, -0.2) is 29.6 Å². The molecule has 2 heterocycles. The fraction of sp³-hybridized carbons (Fsp3) is 0.429. The van der Waals surface area contributed by atoms with E-state index in [1.807, 2.05) is 70.2 Å². The van der Waals surface area contributed by atoms with Gasteiger partial charge in [0.25, 0.3) is 0 Å². The van der Waals surface area contributed by atoms with Crippen LogP contribution in [0.2, 0.25) is 0 Å². The van der Waals surface area contributed by atoms with E-state index in [4.69, 9.17) is 0 Å². The molecule has 64 heavy (non-hydrogen) atoms. The molecule has 0 amide bonds. The zero-order valence-corrected chi connectivity index (χ0v) is 40.7. The van der Waals surface area contributed by atoms with E-state index in [-0.39, 0.29) is 33.9 Å². The summed E-state index contributed by atoms with van der Waals surface area (Å²) >= 11 is 0. The van der Waals surface area contributed by atoms with E-state index in [0.717, 1.165) is 66.0 Å². The quantitative estimate of drug-likeness (QED) is 0.0531. The van der Waals surface area contributed by atoms with Crippen molar-refractivity contribution in [3.05, 3.63) is 102 Å². The van der Waals surface area contributed by atoms with Crippen LogP contribution in [-0.4, -0.2) is 81.4 Å². The van der Waals surface area contributed by atoms with Crippen molar-refractivity contribution in [2.75, 3.05) is 31.6 Å². The lowest BCUT2D eigenvalue weighted by atomic mass is 9.79. The van der Waals surface area contributed by atoms with Gasteiger partial charge in [0.1, 0.15) is 32.6 Å². The normalized spacial score (nSPS) is 17.1. The van der Waals surface area contributed by atoms with E-state index in [1.54, 1.807) is 25.2 Å². The van der Waals surface area contributed by atoms with E-state index < -0.39 is 50.9 Å². The highest BCUT2D eigenvalue weighted by Crippen LogP contribution is 2.52. The lowest BCUT2D eigenvalue weighted by Crippen LogP contribution is -2.28. The number of hydrogen-bond acceptors (Lipinski definition) is 10. The molecule has 344 valence electrons. The molecule has 0 aliphatic carbocycles. The molecular formula is C49H60N3O9S3-. The highest BCUT2D eigenvalue weighted by Gasteiger charge is 2.46. The molecule has 0 radical (unpaired) electrons. The number of Topliss-reactive ketones (excluding diaryl/α,β-unsaturated/α-hetero) is 1. The first-order valence-electron chi connectivity index (χ1n) is 22.0. The minimum Gasteiger partial charge on any atom is -0.744 e. The minimum atomic E-state index is -5.14. The van der Waals surface area contributed by atoms with Crippen LogP contribution in [0, 0.1) is 5.92 Å². The number of anilines is 1. The summed E-state index contributed by atoms with van der Waals surface area (Å²) in [6, 6.07) is 14.4. The molecule has 0 aromatic heterocycles. The monoisotopic (exact) mass is 930 g/mol. The molecule has 0 unspecified atom stereocenters. The Kier molecular flexibility index (Phi) is 14.1. The second-order valence-electron chi connectivity index (χ2n) is 18.2. The molecule has 0 atom stereocenters. The van der Waals surface area contributed by atoms with Crippen LogP contribution in [0.25, 0.3) is 21.5 Å². The van der Waals surface area contributed by atoms with Gasteiger partial charge in [-0.2, -0.15) is 4.58 Å². The predicted molar refractivity (Wildman–Crippen MR) is 252 cm³/mol. The number of unbranched alkanes of at least 4 members (excludes halogenated alkanes) is 2. The van der Waals surface area contributed by atoms with Gasteiger partial charge in [-0.15, -0.1) is 0 Å². The molecule has 12 nitrogen and oxygen atoms in total. The fourth-order valence-electron chi connectivity index (χ4n) is 9.33. The van der Waals surface area contributed by atoms with E-state index in [0.29, 0.717) is 36.4 Å². The summed E-state index contributed by atoms with van der Waals surface area (Å²) in [5.41, 5.74) is 4.02. The van der Waals surface area contributed by atoms with E-state index in [9.17, 15) is 39.2 Å². The van der Waals surface area contributed by atoms with Gasteiger partial charge in [-0.3, -0.25) is 4.79 Å². The molecule has 4 aromatic carbocycles. The van der Waals surface area contributed by atoms with Gasteiger partial charge in [-0.05, 0) is 79.4 Å². The van der Waals surface area contributed by atoms with E-state index in [1.165, 1.54) is 16.4 Å². The van der Waals surface area contributed by atoms with Gasteiger partial charge in [0.05, 0.1) is 20.1 Å². The molecule has 0 saturated heterocycles. The number of carbonyl (C=O) groups excluding carboxylic acids is 1. The Hall–Kier alpha value is -4.51. The largest absolute Gasteiger partial charge is 0.744 e.